The molecule has 8 atom stereocenters. The average Bonchev–Trinajstić information content (AvgIpc) is 3.19. The van der Waals surface area contributed by atoms with Crippen molar-refractivity contribution in [2.24, 2.45) is 23.2 Å². The summed E-state index contributed by atoms with van der Waals surface area (Å²) in [7, 11) is 4.82. The van der Waals surface area contributed by atoms with Crippen LogP contribution in [0, 0.1) is 23.2 Å². The monoisotopic (exact) mass is 863 g/mol. The summed E-state index contributed by atoms with van der Waals surface area (Å²) in [6, 6.07) is 5.19. The number of ether oxygens (including phenoxy) is 3. The molecule has 14 heteroatoms. The van der Waals surface area contributed by atoms with Gasteiger partial charge in [-0.25, -0.2) is 4.79 Å². The molecule has 0 spiro atoms. The number of phenols is 1. The van der Waals surface area contributed by atoms with Crippen molar-refractivity contribution in [3.63, 3.8) is 0 Å². The van der Waals surface area contributed by atoms with Gasteiger partial charge in [-0.1, -0.05) is 54.3 Å². The van der Waals surface area contributed by atoms with Crippen LogP contribution in [0.15, 0.2) is 18.2 Å². The lowest BCUT2D eigenvalue weighted by molar-refractivity contribution is -0.180. The first-order valence-corrected chi connectivity index (χ1v) is 24.8. The fourth-order valence-corrected chi connectivity index (χ4v) is 12.8. The number of amides is 1. The van der Waals surface area contributed by atoms with Crippen LogP contribution in [0.3, 0.4) is 0 Å². The Hall–Kier alpha value is -2.23. The number of carbonyl (C=O) groups excluding carboxylic acids is 3. The first-order valence-electron chi connectivity index (χ1n) is 22.3. The number of fused-ring (bicyclic) bond motifs is 1. The molecular weight excluding hydrogens is 791 g/mol. The summed E-state index contributed by atoms with van der Waals surface area (Å²) in [6.45, 7) is 9.88. The van der Waals surface area contributed by atoms with Crippen molar-refractivity contribution in [1.82, 2.24) is 16.0 Å². The summed E-state index contributed by atoms with van der Waals surface area (Å²) in [5, 5.41) is 44.0. The van der Waals surface area contributed by atoms with Gasteiger partial charge in [-0.05, 0) is 139 Å². The van der Waals surface area contributed by atoms with Crippen LogP contribution in [0.4, 0.5) is 0 Å². The van der Waals surface area contributed by atoms with Gasteiger partial charge in [0.15, 0.2) is 11.5 Å². The average molecular weight is 864 g/mol. The molecule has 0 unspecified atom stereocenters. The highest BCUT2D eigenvalue weighted by Gasteiger charge is 2.54. The Morgan fingerprint density at radius 1 is 1.02 bits per heavy atom. The Balaban J connectivity index is 1.51. The van der Waals surface area contributed by atoms with Crippen LogP contribution in [-0.2, 0) is 30.3 Å². The lowest BCUT2D eigenvalue weighted by atomic mass is 9.66. The molecular formula is C45H73N3O9S2. The number of aromatic hydroxyl groups is 1. The molecule has 1 amide bonds. The summed E-state index contributed by atoms with van der Waals surface area (Å²) in [5.74, 6) is 0.944. The third-order valence-electron chi connectivity index (χ3n) is 13.6. The van der Waals surface area contributed by atoms with Gasteiger partial charge < -0.3 is 45.5 Å². The number of benzene rings is 1. The number of piperidine rings is 2. The van der Waals surface area contributed by atoms with E-state index in [9.17, 15) is 29.7 Å². The normalized spacial score (nSPS) is 30.4. The smallest absolute Gasteiger partial charge is 0.332 e. The SMILES string of the molecule is COc1cc(CC2([C@@H](C[C@H](OC(C)=O)[C@H]3CC[C@@H](O)[C@H](NCCCC(C)C)CSSC[C@@](C)(O)CC3)OC(=O)[C@@]34CCCC[C@@H]3CCC(=O)N4)CCNCC2)ccc1O. The Morgan fingerprint density at radius 3 is 2.53 bits per heavy atom. The minimum absolute atomic E-state index is 0.0188. The molecule has 0 radical (unpaired) electrons. The highest BCUT2D eigenvalue weighted by Crippen LogP contribution is 2.46. The highest BCUT2D eigenvalue weighted by molar-refractivity contribution is 8.76. The first-order chi connectivity index (χ1) is 28.1. The number of methoxy groups -OCH3 is 1. The van der Waals surface area contributed by atoms with Gasteiger partial charge in [-0.2, -0.15) is 0 Å². The van der Waals surface area contributed by atoms with Crippen molar-refractivity contribution in [1.29, 1.82) is 0 Å². The largest absolute Gasteiger partial charge is 0.504 e. The molecule has 12 nitrogen and oxygen atoms in total. The molecule has 3 heterocycles. The van der Waals surface area contributed by atoms with E-state index in [2.05, 4.69) is 29.8 Å². The van der Waals surface area contributed by atoms with Crippen LogP contribution in [-0.4, -0.2) is 107 Å². The summed E-state index contributed by atoms with van der Waals surface area (Å²) < 4.78 is 18.7. The van der Waals surface area contributed by atoms with Crippen molar-refractivity contribution in [2.75, 3.05) is 38.2 Å². The zero-order chi connectivity index (χ0) is 42.6. The molecule has 1 aromatic carbocycles. The quantitative estimate of drug-likeness (QED) is 0.0645. The van der Waals surface area contributed by atoms with E-state index in [4.69, 9.17) is 14.2 Å². The number of carbonyl (C=O) groups is 3. The molecule has 1 saturated carbocycles. The van der Waals surface area contributed by atoms with Crippen LogP contribution >= 0.6 is 21.6 Å². The van der Waals surface area contributed by atoms with Gasteiger partial charge in [0.2, 0.25) is 5.91 Å². The summed E-state index contributed by atoms with van der Waals surface area (Å²) in [6.07, 6.45) is 8.38. The fourth-order valence-electron chi connectivity index (χ4n) is 10.00. The number of phenolic OH excluding ortho intramolecular Hbond substituents is 1. The fraction of sp³-hybridized carbons (Fsp3) is 0.800. The Labute approximate surface area is 360 Å². The molecule has 0 aromatic heterocycles. The summed E-state index contributed by atoms with van der Waals surface area (Å²) >= 11 is 0. The van der Waals surface area contributed by atoms with E-state index in [1.165, 1.54) is 14.0 Å². The van der Waals surface area contributed by atoms with Gasteiger partial charge in [0.25, 0.3) is 0 Å². The number of rotatable bonds is 15. The third kappa shape index (κ3) is 13.4. The minimum atomic E-state index is -1.11. The molecule has 334 valence electrons. The van der Waals surface area contributed by atoms with Crippen LogP contribution < -0.4 is 20.7 Å². The van der Waals surface area contributed by atoms with Gasteiger partial charge in [0.1, 0.15) is 17.7 Å². The minimum Gasteiger partial charge on any atom is -0.504 e. The number of hydrogen-bond donors (Lipinski definition) is 6. The maximum absolute atomic E-state index is 14.9. The molecule has 1 aliphatic carbocycles. The van der Waals surface area contributed by atoms with Crippen LogP contribution in [0.1, 0.15) is 130 Å². The second-order valence-electron chi connectivity index (χ2n) is 18.7. The van der Waals surface area contributed by atoms with E-state index in [-0.39, 0.29) is 36.0 Å². The lowest BCUT2D eigenvalue weighted by Gasteiger charge is -2.49. The van der Waals surface area contributed by atoms with Crippen LogP contribution in [0.2, 0.25) is 0 Å². The van der Waals surface area contributed by atoms with Crippen LogP contribution in [0.25, 0.3) is 0 Å². The summed E-state index contributed by atoms with van der Waals surface area (Å²) in [5.41, 5.74) is -1.76. The second kappa shape index (κ2) is 22.2. The predicted octanol–water partition coefficient (Wildman–Crippen LogP) is 6.46. The van der Waals surface area contributed by atoms with E-state index in [0.29, 0.717) is 100 Å². The van der Waals surface area contributed by atoms with Gasteiger partial charge in [0.05, 0.1) is 18.8 Å². The molecule has 59 heavy (non-hydrogen) atoms. The molecule has 4 fully saturated rings. The van der Waals surface area contributed by atoms with E-state index >= 15 is 0 Å². The van der Waals surface area contributed by atoms with Crippen molar-refractivity contribution in [3.05, 3.63) is 23.8 Å². The maximum atomic E-state index is 14.9. The number of hydrogen-bond acceptors (Lipinski definition) is 13. The number of aliphatic hydroxyl groups is 2. The lowest BCUT2D eigenvalue weighted by Crippen LogP contribution is -2.65. The molecule has 0 bridgehead atoms. The molecule has 6 N–H and O–H groups in total. The van der Waals surface area contributed by atoms with E-state index in [1.807, 2.05) is 19.1 Å². The Kier molecular flexibility index (Phi) is 18.0. The van der Waals surface area contributed by atoms with Gasteiger partial charge >= 0.3 is 11.9 Å². The topological polar surface area (TPSA) is 176 Å². The van der Waals surface area contributed by atoms with E-state index in [0.717, 1.165) is 44.2 Å². The van der Waals surface area contributed by atoms with Crippen molar-refractivity contribution in [2.45, 2.75) is 166 Å². The number of esters is 2. The van der Waals surface area contributed by atoms with Gasteiger partial charge in [0, 0.05) is 42.7 Å². The third-order valence-corrected chi connectivity index (χ3v) is 16.2. The van der Waals surface area contributed by atoms with E-state index in [1.54, 1.807) is 27.7 Å². The van der Waals surface area contributed by atoms with Crippen LogP contribution in [0.5, 0.6) is 11.5 Å². The molecule has 4 aliphatic rings. The highest BCUT2D eigenvalue weighted by atomic mass is 33.1. The standard InChI is InChI=1S/C45H73N3O9S2/c1-30(2)9-8-22-47-35-28-58-59-29-43(4,54)19-17-33(12-15-36(35)50)38(56-31(3)49)26-40(57-42(53)45-18-7-6-10-34(45)13-16-41(52)48-45)44(20-23-46-24-21-44)27-32-11-14-37(51)39(25-32)55-5/h11,14,25,30,33-36,38,40,46-47,50-51,54H,6-10,12-13,15-24,26-29H2,1-5H3,(H,48,52)/t33-,34+,35+,36+,38-,40+,43-,45+/m0/s1. The van der Waals surface area contributed by atoms with E-state index < -0.39 is 46.8 Å². The van der Waals surface area contributed by atoms with Gasteiger partial charge in [-0.15, -0.1) is 0 Å². The predicted molar refractivity (Wildman–Crippen MR) is 234 cm³/mol. The number of aliphatic hydroxyl groups excluding tert-OH is 1. The van der Waals surface area contributed by atoms with Crippen molar-refractivity contribution < 1.29 is 43.9 Å². The van der Waals surface area contributed by atoms with Crippen molar-refractivity contribution in [3.8, 4) is 11.5 Å². The zero-order valence-corrected chi connectivity index (χ0v) is 37.9. The molecule has 3 saturated heterocycles. The Morgan fingerprint density at radius 2 is 1.80 bits per heavy atom. The Bertz CT molecular complexity index is 1530. The molecule has 1 aromatic rings. The van der Waals surface area contributed by atoms with Crippen molar-refractivity contribution >= 4 is 39.4 Å². The second-order valence-corrected chi connectivity index (χ2v) is 21.2. The van der Waals surface area contributed by atoms with Gasteiger partial charge in [-0.3, -0.25) is 9.59 Å². The summed E-state index contributed by atoms with van der Waals surface area (Å²) in [4.78, 5) is 41.1. The maximum Gasteiger partial charge on any atom is 0.332 e. The molecule has 5 rings (SSSR count). The first kappa shape index (κ1) is 47.8. The molecule has 3 aliphatic heterocycles. The zero-order valence-electron chi connectivity index (χ0n) is 36.2. The number of nitrogens with one attached hydrogen (secondary N) is 3.